The molecule has 0 bridgehead atoms. The van der Waals surface area contributed by atoms with Crippen molar-refractivity contribution < 1.29 is 14.3 Å². The maximum atomic E-state index is 10.4. The van der Waals surface area contributed by atoms with E-state index in [2.05, 4.69) is 4.74 Å². The summed E-state index contributed by atoms with van der Waals surface area (Å²) in [6.45, 7) is 0. The van der Waals surface area contributed by atoms with E-state index in [-0.39, 0.29) is 11.5 Å². The van der Waals surface area contributed by atoms with E-state index in [1.54, 1.807) is 0 Å². The van der Waals surface area contributed by atoms with Crippen LogP contribution in [-0.2, 0) is 14.3 Å². The van der Waals surface area contributed by atoms with Crippen LogP contribution in [0.15, 0.2) is 23.6 Å². The molecule has 1 aliphatic heterocycles. The van der Waals surface area contributed by atoms with Crippen LogP contribution in [0, 0.1) is 0 Å². The molecule has 4 heteroatoms. The van der Waals surface area contributed by atoms with E-state index in [9.17, 15) is 9.59 Å². The number of ether oxygens (including phenoxy) is 1. The topological polar surface area (TPSA) is 69.4 Å². The lowest BCUT2D eigenvalue weighted by molar-refractivity contribution is -0.132. The van der Waals surface area contributed by atoms with Crippen LogP contribution in [0.4, 0.5) is 0 Å². The Morgan fingerprint density at radius 3 is 2.70 bits per heavy atom. The summed E-state index contributed by atoms with van der Waals surface area (Å²) >= 11 is 0. The third-order valence-corrected chi connectivity index (χ3v) is 0.988. The van der Waals surface area contributed by atoms with Gasteiger partial charge in [-0.3, -0.25) is 4.79 Å². The third-order valence-electron chi connectivity index (χ3n) is 0.988. The first-order valence-electron chi connectivity index (χ1n) is 2.59. The fourth-order valence-electron chi connectivity index (χ4n) is 0.587. The normalized spacial score (nSPS) is 20.6. The molecule has 1 heterocycles. The molecule has 0 saturated heterocycles. The highest BCUT2D eigenvalue weighted by atomic mass is 16.5. The number of hydrogen-bond donors (Lipinski definition) is 1. The highest BCUT2D eigenvalue weighted by Crippen LogP contribution is 2.12. The molecule has 2 N–H and O–H groups in total. The molecule has 0 aromatic heterocycles. The minimum absolute atomic E-state index is 0.125. The van der Waals surface area contributed by atoms with Crippen molar-refractivity contribution in [3.05, 3.63) is 23.6 Å². The van der Waals surface area contributed by atoms with Crippen molar-refractivity contribution in [2.45, 2.75) is 0 Å². The Kier molecular flexibility index (Phi) is 1.53. The van der Waals surface area contributed by atoms with Gasteiger partial charge in [0.1, 0.15) is 6.29 Å². The monoisotopic (exact) mass is 139 g/mol. The summed E-state index contributed by atoms with van der Waals surface area (Å²) < 4.78 is 4.49. The van der Waals surface area contributed by atoms with Crippen LogP contribution in [0.25, 0.3) is 0 Å². The van der Waals surface area contributed by atoms with Gasteiger partial charge in [-0.15, -0.1) is 0 Å². The maximum absolute atomic E-state index is 10.4. The van der Waals surface area contributed by atoms with Gasteiger partial charge in [-0.2, -0.15) is 0 Å². The van der Waals surface area contributed by atoms with Gasteiger partial charge < -0.3 is 10.5 Å². The SMILES string of the molecule is NC1=CC(=O)O/C1=C\C=O. The summed E-state index contributed by atoms with van der Waals surface area (Å²) in [4.78, 5) is 20.3. The van der Waals surface area contributed by atoms with E-state index >= 15 is 0 Å². The zero-order valence-electron chi connectivity index (χ0n) is 5.03. The average Bonchev–Trinajstić information content (AvgIpc) is 2.13. The third kappa shape index (κ3) is 1.05. The summed E-state index contributed by atoms with van der Waals surface area (Å²) in [6.07, 6.45) is 2.72. The average molecular weight is 139 g/mol. The molecule has 0 radical (unpaired) electrons. The zero-order chi connectivity index (χ0) is 7.56. The van der Waals surface area contributed by atoms with E-state index < -0.39 is 5.97 Å². The molecule has 0 fully saturated rings. The minimum atomic E-state index is -0.536. The number of esters is 1. The molecule has 0 aromatic rings. The van der Waals surface area contributed by atoms with Crippen molar-refractivity contribution in [3.63, 3.8) is 0 Å². The zero-order valence-corrected chi connectivity index (χ0v) is 5.03. The first-order chi connectivity index (χ1) is 4.74. The second-order valence-corrected chi connectivity index (χ2v) is 1.69. The number of rotatable bonds is 1. The lowest BCUT2D eigenvalue weighted by Gasteiger charge is -1.93. The van der Waals surface area contributed by atoms with E-state index in [4.69, 9.17) is 5.73 Å². The number of allylic oxidation sites excluding steroid dienone is 1. The lowest BCUT2D eigenvalue weighted by atomic mass is 10.4. The lowest BCUT2D eigenvalue weighted by Crippen LogP contribution is -1.97. The van der Waals surface area contributed by atoms with Crippen LogP contribution < -0.4 is 5.73 Å². The predicted octanol–water partition coefficient (Wildman–Crippen LogP) is -0.531. The Morgan fingerprint density at radius 2 is 2.30 bits per heavy atom. The molecule has 0 spiro atoms. The summed E-state index contributed by atoms with van der Waals surface area (Å²) in [5.41, 5.74) is 5.44. The molecule has 1 rings (SSSR count). The smallest absolute Gasteiger partial charge is 0.338 e. The van der Waals surface area contributed by atoms with Gasteiger partial charge in [-0.05, 0) is 0 Å². The molecule has 0 amide bonds. The van der Waals surface area contributed by atoms with E-state index in [1.807, 2.05) is 0 Å². The van der Waals surface area contributed by atoms with E-state index in [0.717, 1.165) is 12.2 Å². The van der Waals surface area contributed by atoms with Crippen LogP contribution in [-0.4, -0.2) is 12.3 Å². The van der Waals surface area contributed by atoms with Gasteiger partial charge in [0.15, 0.2) is 5.76 Å². The molecule has 0 saturated carbocycles. The summed E-state index contributed by atoms with van der Waals surface area (Å²) in [5.74, 6) is -0.411. The second-order valence-electron chi connectivity index (χ2n) is 1.69. The standard InChI is InChI=1S/C6H5NO3/c7-4-3-6(9)10-5(4)1-2-8/h1-3H,7H2/b5-1-. The van der Waals surface area contributed by atoms with Gasteiger partial charge in [-0.1, -0.05) is 0 Å². The quantitative estimate of drug-likeness (QED) is 0.301. The van der Waals surface area contributed by atoms with Crippen molar-refractivity contribution >= 4 is 12.3 Å². The summed E-state index contributed by atoms with van der Waals surface area (Å²) in [6, 6.07) is 0. The van der Waals surface area contributed by atoms with Crippen molar-refractivity contribution in [3.8, 4) is 0 Å². The number of carbonyl (C=O) groups excluding carboxylic acids is 2. The van der Waals surface area contributed by atoms with Gasteiger partial charge >= 0.3 is 5.97 Å². The highest BCUT2D eigenvalue weighted by Gasteiger charge is 2.15. The van der Waals surface area contributed by atoms with Gasteiger partial charge in [0, 0.05) is 6.08 Å². The van der Waals surface area contributed by atoms with Gasteiger partial charge in [0.2, 0.25) is 0 Å². The number of cyclic esters (lactones) is 1. The molecular formula is C6H5NO3. The predicted molar refractivity (Wildman–Crippen MR) is 32.5 cm³/mol. The van der Waals surface area contributed by atoms with E-state index in [0.29, 0.717) is 6.29 Å². The molecule has 0 aliphatic carbocycles. The van der Waals surface area contributed by atoms with Crippen molar-refractivity contribution in [2.24, 2.45) is 5.73 Å². The van der Waals surface area contributed by atoms with Crippen LogP contribution in [0.3, 0.4) is 0 Å². The first kappa shape index (κ1) is 6.54. The molecule has 0 atom stereocenters. The molecule has 0 unspecified atom stereocenters. The molecule has 1 aliphatic rings. The van der Waals surface area contributed by atoms with Gasteiger partial charge in [-0.25, -0.2) is 4.79 Å². The first-order valence-corrected chi connectivity index (χ1v) is 2.59. The van der Waals surface area contributed by atoms with Gasteiger partial charge in [0.05, 0.1) is 11.8 Å². The molecule has 52 valence electrons. The van der Waals surface area contributed by atoms with E-state index in [1.165, 1.54) is 0 Å². The Balaban J connectivity index is 2.87. The minimum Gasteiger partial charge on any atom is -0.421 e. The molecule has 0 aromatic carbocycles. The number of carbonyl (C=O) groups is 2. The van der Waals surface area contributed by atoms with Crippen LogP contribution >= 0.6 is 0 Å². The fourth-order valence-corrected chi connectivity index (χ4v) is 0.587. The Hall–Kier alpha value is -1.58. The Labute approximate surface area is 57.0 Å². The number of nitrogens with two attached hydrogens (primary N) is 1. The van der Waals surface area contributed by atoms with Crippen LogP contribution in [0.1, 0.15) is 0 Å². The fraction of sp³-hybridized carbons (Fsp3) is 0. The van der Waals surface area contributed by atoms with Crippen molar-refractivity contribution in [1.82, 2.24) is 0 Å². The van der Waals surface area contributed by atoms with Crippen molar-refractivity contribution in [1.29, 1.82) is 0 Å². The summed E-state index contributed by atoms with van der Waals surface area (Å²) in [5, 5.41) is 0. The van der Waals surface area contributed by atoms with Crippen LogP contribution in [0.2, 0.25) is 0 Å². The highest BCUT2D eigenvalue weighted by molar-refractivity contribution is 5.89. The number of aldehydes is 1. The largest absolute Gasteiger partial charge is 0.421 e. The molecule has 4 nitrogen and oxygen atoms in total. The molecule has 10 heavy (non-hydrogen) atoms. The maximum Gasteiger partial charge on any atom is 0.338 e. The van der Waals surface area contributed by atoms with Crippen molar-refractivity contribution in [2.75, 3.05) is 0 Å². The molecular weight excluding hydrogens is 134 g/mol. The Morgan fingerprint density at radius 1 is 1.60 bits per heavy atom. The van der Waals surface area contributed by atoms with Gasteiger partial charge in [0.25, 0.3) is 0 Å². The summed E-state index contributed by atoms with van der Waals surface area (Å²) in [7, 11) is 0. The second kappa shape index (κ2) is 2.34. The number of hydrogen-bond acceptors (Lipinski definition) is 4. The van der Waals surface area contributed by atoms with Crippen LogP contribution in [0.5, 0.6) is 0 Å². The Bertz CT molecular complexity index is 239.